The van der Waals surface area contributed by atoms with Crippen LogP contribution in [0.5, 0.6) is 0 Å². The van der Waals surface area contributed by atoms with Gasteiger partial charge in [-0.2, -0.15) is 0 Å². The second kappa shape index (κ2) is 10.7. The maximum absolute atomic E-state index is 14.5. The number of rotatable bonds is 9. The smallest absolute Gasteiger partial charge is 0.244 e. The number of likely N-dealkylation sites (tertiary alicyclic amines) is 1. The van der Waals surface area contributed by atoms with Crippen molar-refractivity contribution in [2.45, 2.75) is 102 Å². The van der Waals surface area contributed by atoms with Gasteiger partial charge in [-0.1, -0.05) is 66.2 Å². The average molecular weight is 558 g/mol. The van der Waals surface area contributed by atoms with Crippen molar-refractivity contribution >= 4 is 35.2 Å². The number of fused-ring (bicyclic) bond motifs is 1. The number of carbonyl (C=O) groups excluding carboxylic acids is 3. The number of hydrogen-bond acceptors (Lipinski definition) is 5. The Balaban J connectivity index is 1.76. The third-order valence-corrected chi connectivity index (χ3v) is 11.1. The summed E-state index contributed by atoms with van der Waals surface area (Å²) in [6.45, 7) is 16.5. The second-order valence-corrected chi connectivity index (χ2v) is 15.4. The standard InChI is InChI=1S/C31H47N3O4S/c1-9-18(2)21(16-35)34-25(27(37)33-30(7,8)17-29(4,5)6)31-19(3)15-22(39-31)23(24(31)28(34)38)26(36)32-20-13-11-10-12-14-20/h10-14,18-19,21-25,35H,9,15-17H2,1-8H3,(H,32,36)(H,33,37)/t18-,19?,21-,22+,23-,24-,25?,31?/m0/s1. The van der Waals surface area contributed by atoms with Crippen LogP contribution in [0.25, 0.3) is 0 Å². The minimum atomic E-state index is -0.750. The molecule has 8 heteroatoms. The summed E-state index contributed by atoms with van der Waals surface area (Å²) in [5.74, 6) is -1.57. The third-order valence-electron chi connectivity index (χ3n) is 9.05. The highest BCUT2D eigenvalue weighted by molar-refractivity contribution is 8.02. The van der Waals surface area contributed by atoms with E-state index in [0.717, 1.165) is 19.3 Å². The highest BCUT2D eigenvalue weighted by Crippen LogP contribution is 2.69. The van der Waals surface area contributed by atoms with Crippen LogP contribution in [0.3, 0.4) is 0 Å². The SMILES string of the molecule is CC[C@H](C)[C@H](CO)N1C(=O)[C@@H]2[C@@H](C(=O)Nc3ccccc3)[C@H]3CC(C)C2(S3)C1C(=O)NC(C)(C)CC(C)(C)C. The zero-order chi connectivity index (χ0) is 28.9. The van der Waals surface area contributed by atoms with Crippen LogP contribution in [-0.2, 0) is 14.4 Å². The first-order valence-corrected chi connectivity index (χ1v) is 15.3. The van der Waals surface area contributed by atoms with Crippen molar-refractivity contribution in [3.8, 4) is 0 Å². The molecule has 3 saturated heterocycles. The molecular formula is C31H47N3O4S. The van der Waals surface area contributed by atoms with Crippen LogP contribution in [0.1, 0.15) is 74.7 Å². The number of aliphatic hydroxyl groups is 1. The van der Waals surface area contributed by atoms with Gasteiger partial charge in [-0.15, -0.1) is 11.8 Å². The number of carbonyl (C=O) groups is 3. The van der Waals surface area contributed by atoms with Crippen LogP contribution in [0.4, 0.5) is 5.69 Å². The van der Waals surface area contributed by atoms with Gasteiger partial charge in [-0.25, -0.2) is 0 Å². The molecule has 0 aliphatic carbocycles. The molecule has 216 valence electrons. The summed E-state index contributed by atoms with van der Waals surface area (Å²) in [6, 6.07) is 8.08. The summed E-state index contributed by atoms with van der Waals surface area (Å²) in [5.41, 5.74) is 0.214. The molecule has 3 aliphatic heterocycles. The van der Waals surface area contributed by atoms with E-state index in [9.17, 15) is 19.5 Å². The van der Waals surface area contributed by atoms with Gasteiger partial charge in [-0.3, -0.25) is 14.4 Å². The van der Waals surface area contributed by atoms with Crippen molar-refractivity contribution in [1.82, 2.24) is 10.2 Å². The lowest BCUT2D eigenvalue weighted by atomic mass is 9.65. The summed E-state index contributed by atoms with van der Waals surface area (Å²) < 4.78 is -0.719. The average Bonchev–Trinajstić information content (AvgIpc) is 3.42. The molecule has 8 atom stereocenters. The van der Waals surface area contributed by atoms with E-state index in [2.05, 4.69) is 38.3 Å². The van der Waals surface area contributed by atoms with Gasteiger partial charge < -0.3 is 20.6 Å². The molecule has 3 N–H and O–H groups in total. The molecule has 2 bridgehead atoms. The van der Waals surface area contributed by atoms with Gasteiger partial charge in [0.2, 0.25) is 17.7 Å². The van der Waals surface area contributed by atoms with Gasteiger partial charge in [0.25, 0.3) is 0 Å². The number of benzene rings is 1. The van der Waals surface area contributed by atoms with E-state index in [1.165, 1.54) is 0 Å². The molecule has 3 aliphatic rings. The van der Waals surface area contributed by atoms with Crippen LogP contribution >= 0.6 is 11.8 Å². The number of hydrogen-bond donors (Lipinski definition) is 3. The molecule has 3 heterocycles. The number of nitrogens with one attached hydrogen (secondary N) is 2. The van der Waals surface area contributed by atoms with E-state index in [4.69, 9.17) is 0 Å². The first-order valence-electron chi connectivity index (χ1n) is 14.5. The molecule has 39 heavy (non-hydrogen) atoms. The van der Waals surface area contributed by atoms with Crippen LogP contribution in [0.15, 0.2) is 30.3 Å². The Morgan fingerprint density at radius 3 is 2.36 bits per heavy atom. The van der Waals surface area contributed by atoms with Gasteiger partial charge in [-0.05, 0) is 56.1 Å². The van der Waals surface area contributed by atoms with Crippen molar-refractivity contribution in [2.24, 2.45) is 29.1 Å². The maximum Gasteiger partial charge on any atom is 0.244 e. The van der Waals surface area contributed by atoms with Crippen molar-refractivity contribution in [3.05, 3.63) is 30.3 Å². The normalized spacial score (nSPS) is 31.7. The number of amides is 3. The molecule has 1 aromatic rings. The molecule has 1 spiro atoms. The Morgan fingerprint density at radius 1 is 1.15 bits per heavy atom. The van der Waals surface area contributed by atoms with Crippen LogP contribution < -0.4 is 10.6 Å². The fourth-order valence-electron chi connectivity index (χ4n) is 7.75. The van der Waals surface area contributed by atoms with Crippen LogP contribution in [0.2, 0.25) is 0 Å². The van der Waals surface area contributed by atoms with Gasteiger partial charge in [0, 0.05) is 16.5 Å². The number of aliphatic hydroxyl groups excluding tert-OH is 1. The van der Waals surface area contributed by atoms with E-state index in [1.807, 2.05) is 58.0 Å². The molecule has 4 rings (SSSR count). The molecule has 3 amide bonds. The van der Waals surface area contributed by atoms with Crippen LogP contribution in [0, 0.1) is 29.1 Å². The summed E-state index contributed by atoms with van der Waals surface area (Å²) in [5, 5.41) is 16.9. The highest BCUT2D eigenvalue weighted by atomic mass is 32.2. The van der Waals surface area contributed by atoms with Crippen molar-refractivity contribution in [3.63, 3.8) is 0 Å². The molecule has 3 fully saturated rings. The summed E-state index contributed by atoms with van der Waals surface area (Å²) >= 11 is 1.67. The minimum absolute atomic E-state index is 0.00108. The molecular weight excluding hydrogens is 510 g/mol. The van der Waals surface area contributed by atoms with E-state index >= 15 is 0 Å². The quantitative estimate of drug-likeness (QED) is 0.409. The van der Waals surface area contributed by atoms with E-state index in [1.54, 1.807) is 16.7 Å². The number of para-hydroxylation sites is 1. The molecule has 0 saturated carbocycles. The van der Waals surface area contributed by atoms with Crippen molar-refractivity contribution in [1.29, 1.82) is 0 Å². The fourth-order valence-corrected chi connectivity index (χ4v) is 10.2. The largest absolute Gasteiger partial charge is 0.394 e. The van der Waals surface area contributed by atoms with Gasteiger partial charge in [0.15, 0.2) is 0 Å². The zero-order valence-electron chi connectivity index (χ0n) is 24.8. The number of nitrogens with zero attached hydrogens (tertiary/aromatic N) is 1. The highest BCUT2D eigenvalue weighted by Gasteiger charge is 2.76. The predicted molar refractivity (Wildman–Crippen MR) is 157 cm³/mol. The fraction of sp³-hybridized carbons (Fsp3) is 0.710. The Labute approximate surface area is 238 Å². The first kappa shape index (κ1) is 29.9. The molecule has 1 aromatic carbocycles. The summed E-state index contributed by atoms with van der Waals surface area (Å²) in [6.07, 6.45) is 2.31. The molecule has 0 radical (unpaired) electrons. The minimum Gasteiger partial charge on any atom is -0.394 e. The second-order valence-electron chi connectivity index (χ2n) is 13.9. The van der Waals surface area contributed by atoms with Crippen molar-refractivity contribution < 1.29 is 19.5 Å². The first-order chi connectivity index (χ1) is 18.2. The number of thioether (sulfide) groups is 1. The zero-order valence-corrected chi connectivity index (χ0v) is 25.6. The lowest BCUT2D eigenvalue weighted by Gasteiger charge is -2.43. The van der Waals surface area contributed by atoms with Crippen LogP contribution in [-0.4, -0.2) is 62.0 Å². The molecule has 3 unspecified atom stereocenters. The Hall–Kier alpha value is -2.06. The van der Waals surface area contributed by atoms with E-state index < -0.39 is 34.2 Å². The Morgan fingerprint density at radius 2 is 1.79 bits per heavy atom. The Kier molecular flexibility index (Phi) is 8.23. The molecule has 7 nitrogen and oxygen atoms in total. The lowest BCUT2D eigenvalue weighted by molar-refractivity contribution is -0.143. The van der Waals surface area contributed by atoms with Gasteiger partial charge >= 0.3 is 0 Å². The van der Waals surface area contributed by atoms with Gasteiger partial charge in [0.05, 0.1) is 29.2 Å². The maximum atomic E-state index is 14.5. The predicted octanol–water partition coefficient (Wildman–Crippen LogP) is 4.70. The van der Waals surface area contributed by atoms with Gasteiger partial charge in [0.1, 0.15) is 6.04 Å². The summed E-state index contributed by atoms with van der Waals surface area (Å²) in [4.78, 5) is 44.3. The Bertz CT molecular complexity index is 1090. The van der Waals surface area contributed by atoms with Crippen molar-refractivity contribution in [2.75, 3.05) is 11.9 Å². The van der Waals surface area contributed by atoms with E-state index in [-0.39, 0.29) is 46.8 Å². The topological polar surface area (TPSA) is 98.7 Å². The van der Waals surface area contributed by atoms with E-state index in [0.29, 0.717) is 5.69 Å². The summed E-state index contributed by atoms with van der Waals surface area (Å²) in [7, 11) is 0. The third kappa shape index (κ3) is 5.35. The molecule has 0 aromatic heterocycles. The lowest BCUT2D eigenvalue weighted by Crippen LogP contribution is -2.62. The number of anilines is 1. The monoisotopic (exact) mass is 557 g/mol.